The van der Waals surface area contributed by atoms with Gasteiger partial charge in [0, 0.05) is 25.0 Å². The Bertz CT molecular complexity index is 494. The molecule has 0 amide bonds. The third kappa shape index (κ3) is 2.18. The average Bonchev–Trinajstić information content (AvgIpc) is 2.66. The maximum Gasteiger partial charge on any atom is 0.160 e. The molecule has 0 spiro atoms. The van der Waals surface area contributed by atoms with Gasteiger partial charge in [-0.1, -0.05) is 0 Å². The van der Waals surface area contributed by atoms with Crippen molar-refractivity contribution in [2.45, 2.75) is 6.54 Å². The van der Waals surface area contributed by atoms with Gasteiger partial charge in [0.25, 0.3) is 0 Å². The molecule has 5 heteroatoms. The molecule has 1 aromatic carbocycles. The van der Waals surface area contributed by atoms with Crippen molar-refractivity contribution in [2.24, 2.45) is 7.05 Å². The monoisotopic (exact) mass is 223 g/mol. The summed E-state index contributed by atoms with van der Waals surface area (Å²) in [5.74, 6) is -1.69. The van der Waals surface area contributed by atoms with Gasteiger partial charge in [0.15, 0.2) is 11.6 Å². The first-order valence-corrected chi connectivity index (χ1v) is 4.81. The number of nitrogens with zero attached hydrogens (tertiary/aromatic N) is 2. The van der Waals surface area contributed by atoms with E-state index in [0.29, 0.717) is 12.2 Å². The number of halogens is 2. The van der Waals surface area contributed by atoms with Crippen molar-refractivity contribution >= 4 is 5.69 Å². The van der Waals surface area contributed by atoms with E-state index in [0.717, 1.165) is 17.8 Å². The Kier molecular flexibility index (Phi) is 2.85. The quantitative estimate of drug-likeness (QED) is 0.865. The van der Waals surface area contributed by atoms with Crippen molar-refractivity contribution in [3.63, 3.8) is 0 Å². The van der Waals surface area contributed by atoms with Crippen LogP contribution in [-0.2, 0) is 13.6 Å². The number of aromatic nitrogens is 2. The molecule has 0 saturated carbocycles. The molecule has 16 heavy (non-hydrogen) atoms. The second-order valence-electron chi connectivity index (χ2n) is 3.48. The number of hydrogen-bond acceptors (Lipinski definition) is 2. The molecule has 1 N–H and O–H groups in total. The fraction of sp³-hybridized carbons (Fsp3) is 0.182. The molecular weight excluding hydrogens is 212 g/mol. The molecule has 3 nitrogen and oxygen atoms in total. The summed E-state index contributed by atoms with van der Waals surface area (Å²) in [5, 5.41) is 2.99. The van der Waals surface area contributed by atoms with Crippen molar-refractivity contribution in [1.29, 1.82) is 0 Å². The van der Waals surface area contributed by atoms with Gasteiger partial charge >= 0.3 is 0 Å². The van der Waals surface area contributed by atoms with Gasteiger partial charge < -0.3 is 9.88 Å². The van der Waals surface area contributed by atoms with Crippen molar-refractivity contribution in [3.8, 4) is 0 Å². The Morgan fingerprint density at radius 3 is 2.75 bits per heavy atom. The number of aryl methyl sites for hydroxylation is 1. The fourth-order valence-electron chi connectivity index (χ4n) is 1.35. The zero-order chi connectivity index (χ0) is 11.5. The van der Waals surface area contributed by atoms with E-state index in [4.69, 9.17) is 0 Å². The largest absolute Gasteiger partial charge is 0.379 e. The number of imidazole rings is 1. The fourth-order valence-corrected chi connectivity index (χ4v) is 1.35. The van der Waals surface area contributed by atoms with Crippen LogP contribution < -0.4 is 5.32 Å². The Morgan fingerprint density at radius 2 is 2.12 bits per heavy atom. The normalized spacial score (nSPS) is 10.4. The lowest BCUT2D eigenvalue weighted by Crippen LogP contribution is -2.04. The van der Waals surface area contributed by atoms with E-state index < -0.39 is 11.6 Å². The van der Waals surface area contributed by atoms with Crippen LogP contribution in [0.4, 0.5) is 14.5 Å². The van der Waals surface area contributed by atoms with E-state index in [1.165, 1.54) is 6.07 Å². The number of nitrogens with one attached hydrogen (secondary N) is 1. The Labute approximate surface area is 91.7 Å². The molecule has 0 aliphatic carbocycles. The maximum absolute atomic E-state index is 12.9. The molecule has 1 heterocycles. The smallest absolute Gasteiger partial charge is 0.160 e. The number of hydrogen-bond donors (Lipinski definition) is 1. The molecule has 0 aliphatic rings. The summed E-state index contributed by atoms with van der Waals surface area (Å²) >= 11 is 0. The van der Waals surface area contributed by atoms with E-state index in [2.05, 4.69) is 10.3 Å². The Hall–Kier alpha value is -1.91. The molecule has 0 radical (unpaired) electrons. The van der Waals surface area contributed by atoms with Crippen LogP contribution in [0.2, 0.25) is 0 Å². The Balaban J connectivity index is 2.05. The highest BCUT2D eigenvalue weighted by atomic mass is 19.2. The van der Waals surface area contributed by atoms with Crippen molar-refractivity contribution < 1.29 is 8.78 Å². The maximum atomic E-state index is 12.9. The van der Waals surface area contributed by atoms with Gasteiger partial charge in [0.1, 0.15) is 0 Å². The molecule has 2 rings (SSSR count). The standard InChI is InChI=1S/C11H11F2N3/c1-16-7-14-5-9(16)6-15-8-2-3-10(12)11(13)4-8/h2-5,7,15H,6H2,1H3. The van der Waals surface area contributed by atoms with Crippen molar-refractivity contribution in [3.05, 3.63) is 48.1 Å². The molecule has 0 aliphatic heterocycles. The van der Waals surface area contributed by atoms with Crippen LogP contribution in [0.3, 0.4) is 0 Å². The van der Waals surface area contributed by atoms with Crippen LogP contribution >= 0.6 is 0 Å². The third-order valence-corrected chi connectivity index (χ3v) is 2.31. The molecule has 0 atom stereocenters. The summed E-state index contributed by atoms with van der Waals surface area (Å²) < 4.78 is 27.4. The van der Waals surface area contributed by atoms with Gasteiger partial charge in [0.05, 0.1) is 18.6 Å². The molecule has 84 valence electrons. The summed E-state index contributed by atoms with van der Waals surface area (Å²) in [7, 11) is 1.87. The Morgan fingerprint density at radius 1 is 1.31 bits per heavy atom. The number of benzene rings is 1. The summed E-state index contributed by atoms with van der Waals surface area (Å²) in [5.41, 5.74) is 1.50. The van der Waals surface area contributed by atoms with Crippen LogP contribution in [0.1, 0.15) is 5.69 Å². The lowest BCUT2D eigenvalue weighted by atomic mass is 10.3. The van der Waals surface area contributed by atoms with Gasteiger partial charge in [-0.05, 0) is 12.1 Å². The van der Waals surface area contributed by atoms with Crippen LogP contribution in [-0.4, -0.2) is 9.55 Å². The van der Waals surface area contributed by atoms with Gasteiger partial charge in [-0.15, -0.1) is 0 Å². The summed E-state index contributed by atoms with van der Waals surface area (Å²) in [6.07, 6.45) is 3.40. The first-order valence-electron chi connectivity index (χ1n) is 4.81. The minimum atomic E-state index is -0.852. The highest BCUT2D eigenvalue weighted by Gasteiger charge is 2.03. The number of anilines is 1. The van der Waals surface area contributed by atoms with E-state index >= 15 is 0 Å². The van der Waals surface area contributed by atoms with Gasteiger partial charge in [-0.2, -0.15) is 0 Å². The van der Waals surface area contributed by atoms with Crippen LogP contribution in [0.5, 0.6) is 0 Å². The highest BCUT2D eigenvalue weighted by Crippen LogP contribution is 2.13. The predicted octanol–water partition coefficient (Wildman–Crippen LogP) is 2.31. The van der Waals surface area contributed by atoms with E-state index in [1.54, 1.807) is 12.5 Å². The zero-order valence-electron chi connectivity index (χ0n) is 8.74. The third-order valence-electron chi connectivity index (χ3n) is 2.31. The predicted molar refractivity (Wildman–Crippen MR) is 56.9 cm³/mol. The minimum Gasteiger partial charge on any atom is -0.379 e. The minimum absolute atomic E-state index is 0.515. The lowest BCUT2D eigenvalue weighted by Gasteiger charge is -2.06. The van der Waals surface area contributed by atoms with Gasteiger partial charge in [-0.3, -0.25) is 0 Å². The molecule has 0 fully saturated rings. The first-order chi connectivity index (χ1) is 7.66. The molecule has 1 aromatic heterocycles. The van der Waals surface area contributed by atoms with Crippen LogP contribution in [0.25, 0.3) is 0 Å². The van der Waals surface area contributed by atoms with Crippen molar-refractivity contribution in [2.75, 3.05) is 5.32 Å². The topological polar surface area (TPSA) is 29.9 Å². The SMILES string of the molecule is Cn1cncc1CNc1ccc(F)c(F)c1. The first kappa shape index (κ1) is 10.6. The summed E-state index contributed by atoms with van der Waals surface area (Å²) in [6.45, 7) is 0.515. The highest BCUT2D eigenvalue weighted by molar-refractivity contribution is 5.43. The molecular formula is C11H11F2N3. The summed E-state index contributed by atoms with van der Waals surface area (Å²) in [4.78, 5) is 3.95. The van der Waals surface area contributed by atoms with Gasteiger partial charge in [0.2, 0.25) is 0 Å². The molecule has 0 bridgehead atoms. The zero-order valence-corrected chi connectivity index (χ0v) is 8.74. The molecule has 0 saturated heterocycles. The number of rotatable bonds is 3. The second kappa shape index (κ2) is 4.30. The average molecular weight is 223 g/mol. The molecule has 2 aromatic rings. The second-order valence-corrected chi connectivity index (χ2v) is 3.48. The van der Waals surface area contributed by atoms with E-state index in [9.17, 15) is 8.78 Å². The summed E-state index contributed by atoms with van der Waals surface area (Å²) in [6, 6.07) is 3.72. The molecule has 0 unspecified atom stereocenters. The van der Waals surface area contributed by atoms with E-state index in [1.807, 2.05) is 11.6 Å². The van der Waals surface area contributed by atoms with Crippen molar-refractivity contribution in [1.82, 2.24) is 9.55 Å². The van der Waals surface area contributed by atoms with Crippen LogP contribution in [0.15, 0.2) is 30.7 Å². The van der Waals surface area contributed by atoms with Crippen LogP contribution in [0, 0.1) is 11.6 Å². The van der Waals surface area contributed by atoms with E-state index in [-0.39, 0.29) is 0 Å². The lowest BCUT2D eigenvalue weighted by molar-refractivity contribution is 0.509. The van der Waals surface area contributed by atoms with Gasteiger partial charge in [-0.25, -0.2) is 13.8 Å².